The predicted octanol–water partition coefficient (Wildman–Crippen LogP) is 2.53. The molecular formula is C15H23NO2. The van der Waals surface area contributed by atoms with Crippen molar-refractivity contribution in [3.63, 3.8) is 0 Å². The largest absolute Gasteiger partial charge is 0.396 e. The number of para-hydroxylation sites is 1. The van der Waals surface area contributed by atoms with Crippen LogP contribution < -0.4 is 5.32 Å². The van der Waals surface area contributed by atoms with Crippen LogP contribution in [0.3, 0.4) is 0 Å². The van der Waals surface area contributed by atoms with Crippen LogP contribution in [0.1, 0.15) is 37.7 Å². The van der Waals surface area contributed by atoms with E-state index in [0.717, 1.165) is 30.6 Å². The molecule has 0 unspecified atom stereocenters. The quantitative estimate of drug-likeness (QED) is 0.751. The zero-order chi connectivity index (χ0) is 12.8. The number of aliphatic hydroxyl groups is 2. The van der Waals surface area contributed by atoms with Crippen molar-refractivity contribution in [1.29, 1.82) is 0 Å². The lowest BCUT2D eigenvalue weighted by atomic mass is 9.74. The summed E-state index contributed by atoms with van der Waals surface area (Å²) < 4.78 is 0. The SMILES string of the molecule is OCc1ccccc1NCC1(CO)CCCCC1. The van der Waals surface area contributed by atoms with Crippen LogP contribution in [-0.4, -0.2) is 23.4 Å². The van der Waals surface area contributed by atoms with E-state index >= 15 is 0 Å². The van der Waals surface area contributed by atoms with E-state index in [1.165, 1.54) is 19.3 Å². The van der Waals surface area contributed by atoms with Crippen molar-refractivity contribution in [2.24, 2.45) is 5.41 Å². The molecule has 1 aromatic rings. The molecule has 0 spiro atoms. The van der Waals surface area contributed by atoms with Gasteiger partial charge in [0.05, 0.1) is 13.2 Å². The summed E-state index contributed by atoms with van der Waals surface area (Å²) >= 11 is 0. The van der Waals surface area contributed by atoms with Gasteiger partial charge in [0.1, 0.15) is 0 Å². The summed E-state index contributed by atoms with van der Waals surface area (Å²) in [5.74, 6) is 0. The Labute approximate surface area is 109 Å². The lowest BCUT2D eigenvalue weighted by molar-refractivity contribution is 0.0943. The van der Waals surface area contributed by atoms with Gasteiger partial charge in [-0.2, -0.15) is 0 Å². The van der Waals surface area contributed by atoms with Crippen molar-refractivity contribution in [3.8, 4) is 0 Å². The topological polar surface area (TPSA) is 52.5 Å². The molecule has 2 rings (SSSR count). The molecule has 0 amide bonds. The van der Waals surface area contributed by atoms with Crippen LogP contribution in [-0.2, 0) is 6.61 Å². The number of aliphatic hydroxyl groups excluding tert-OH is 2. The first-order valence-corrected chi connectivity index (χ1v) is 6.83. The van der Waals surface area contributed by atoms with Crippen molar-refractivity contribution in [2.75, 3.05) is 18.5 Å². The molecular weight excluding hydrogens is 226 g/mol. The number of rotatable bonds is 5. The van der Waals surface area contributed by atoms with E-state index in [2.05, 4.69) is 5.32 Å². The third-order valence-electron chi connectivity index (χ3n) is 4.09. The highest BCUT2D eigenvalue weighted by Gasteiger charge is 2.31. The van der Waals surface area contributed by atoms with Crippen LogP contribution >= 0.6 is 0 Å². The summed E-state index contributed by atoms with van der Waals surface area (Å²) in [6.07, 6.45) is 5.90. The molecule has 1 fully saturated rings. The Kier molecular flexibility index (Phi) is 4.61. The standard InChI is InChI=1S/C15H23NO2/c17-10-13-6-2-3-7-14(13)16-11-15(12-18)8-4-1-5-9-15/h2-3,6-7,16-18H,1,4-5,8-12H2. The highest BCUT2D eigenvalue weighted by Crippen LogP contribution is 2.36. The monoisotopic (exact) mass is 249 g/mol. The maximum atomic E-state index is 9.66. The molecule has 1 saturated carbocycles. The van der Waals surface area contributed by atoms with E-state index in [9.17, 15) is 10.2 Å². The molecule has 3 heteroatoms. The number of hydrogen-bond donors (Lipinski definition) is 3. The molecule has 1 aliphatic rings. The van der Waals surface area contributed by atoms with E-state index in [4.69, 9.17) is 0 Å². The molecule has 0 heterocycles. The normalized spacial score (nSPS) is 18.6. The van der Waals surface area contributed by atoms with Gasteiger partial charge in [-0.1, -0.05) is 37.5 Å². The molecule has 0 bridgehead atoms. The van der Waals surface area contributed by atoms with Gasteiger partial charge < -0.3 is 15.5 Å². The van der Waals surface area contributed by atoms with Crippen molar-refractivity contribution < 1.29 is 10.2 Å². The number of nitrogens with one attached hydrogen (secondary N) is 1. The van der Waals surface area contributed by atoms with Gasteiger partial charge in [-0.3, -0.25) is 0 Å². The second-order valence-corrected chi connectivity index (χ2v) is 5.39. The Morgan fingerprint density at radius 2 is 1.78 bits per heavy atom. The summed E-state index contributed by atoms with van der Waals surface area (Å²) in [6.45, 7) is 1.09. The van der Waals surface area contributed by atoms with Gasteiger partial charge in [-0.05, 0) is 18.9 Å². The van der Waals surface area contributed by atoms with Crippen LogP contribution in [0.25, 0.3) is 0 Å². The fourth-order valence-corrected chi connectivity index (χ4v) is 2.81. The van der Waals surface area contributed by atoms with E-state index in [1.54, 1.807) is 0 Å². The Hall–Kier alpha value is -1.06. The van der Waals surface area contributed by atoms with Crippen molar-refractivity contribution in [2.45, 2.75) is 38.7 Å². The third kappa shape index (κ3) is 3.03. The average molecular weight is 249 g/mol. The van der Waals surface area contributed by atoms with Crippen LogP contribution in [0.2, 0.25) is 0 Å². The molecule has 1 aliphatic carbocycles. The molecule has 18 heavy (non-hydrogen) atoms. The molecule has 3 nitrogen and oxygen atoms in total. The second kappa shape index (κ2) is 6.21. The first kappa shape index (κ1) is 13.4. The van der Waals surface area contributed by atoms with Gasteiger partial charge in [0.2, 0.25) is 0 Å². The third-order valence-corrected chi connectivity index (χ3v) is 4.09. The average Bonchev–Trinajstić information content (AvgIpc) is 2.46. The maximum Gasteiger partial charge on any atom is 0.0701 e. The van der Waals surface area contributed by atoms with E-state index in [1.807, 2.05) is 24.3 Å². The smallest absolute Gasteiger partial charge is 0.0701 e. The lowest BCUT2D eigenvalue weighted by Crippen LogP contribution is -2.35. The Morgan fingerprint density at radius 3 is 2.44 bits per heavy atom. The highest BCUT2D eigenvalue weighted by molar-refractivity contribution is 5.50. The zero-order valence-electron chi connectivity index (χ0n) is 10.9. The van der Waals surface area contributed by atoms with Gasteiger partial charge in [-0.25, -0.2) is 0 Å². The molecule has 1 aromatic carbocycles. The van der Waals surface area contributed by atoms with Gasteiger partial charge >= 0.3 is 0 Å². The minimum atomic E-state index is 0.0286. The molecule has 0 aromatic heterocycles. The summed E-state index contributed by atoms with van der Waals surface area (Å²) in [6, 6.07) is 7.81. The predicted molar refractivity (Wildman–Crippen MR) is 73.5 cm³/mol. The maximum absolute atomic E-state index is 9.66. The molecule has 0 saturated heterocycles. The molecule has 0 atom stereocenters. The van der Waals surface area contributed by atoms with Crippen LogP contribution in [0.5, 0.6) is 0 Å². The Bertz CT molecular complexity index is 373. The van der Waals surface area contributed by atoms with E-state index < -0.39 is 0 Å². The Morgan fingerprint density at radius 1 is 1.06 bits per heavy atom. The van der Waals surface area contributed by atoms with Crippen LogP contribution in [0.15, 0.2) is 24.3 Å². The molecule has 0 radical (unpaired) electrons. The van der Waals surface area contributed by atoms with Crippen molar-refractivity contribution in [1.82, 2.24) is 0 Å². The highest BCUT2D eigenvalue weighted by atomic mass is 16.3. The molecule has 100 valence electrons. The second-order valence-electron chi connectivity index (χ2n) is 5.39. The van der Waals surface area contributed by atoms with Gasteiger partial charge in [-0.15, -0.1) is 0 Å². The van der Waals surface area contributed by atoms with Crippen molar-refractivity contribution >= 4 is 5.69 Å². The van der Waals surface area contributed by atoms with E-state index in [0.29, 0.717) is 0 Å². The van der Waals surface area contributed by atoms with Gasteiger partial charge in [0.15, 0.2) is 0 Å². The minimum absolute atomic E-state index is 0.0286. The van der Waals surface area contributed by atoms with Gasteiger partial charge in [0, 0.05) is 23.2 Å². The first-order valence-electron chi connectivity index (χ1n) is 6.83. The van der Waals surface area contributed by atoms with Gasteiger partial charge in [0.25, 0.3) is 0 Å². The molecule has 3 N–H and O–H groups in total. The molecule has 0 aliphatic heterocycles. The Balaban J connectivity index is 2.01. The summed E-state index contributed by atoms with van der Waals surface area (Å²) in [5.41, 5.74) is 1.93. The summed E-state index contributed by atoms with van der Waals surface area (Å²) in [4.78, 5) is 0. The fraction of sp³-hybridized carbons (Fsp3) is 0.600. The summed E-state index contributed by atoms with van der Waals surface area (Å²) in [7, 11) is 0. The van der Waals surface area contributed by atoms with Crippen LogP contribution in [0, 0.1) is 5.41 Å². The number of anilines is 1. The summed E-state index contributed by atoms with van der Waals surface area (Å²) in [5, 5.41) is 22.3. The number of benzene rings is 1. The van der Waals surface area contributed by atoms with Crippen molar-refractivity contribution in [3.05, 3.63) is 29.8 Å². The zero-order valence-corrected chi connectivity index (χ0v) is 10.9. The minimum Gasteiger partial charge on any atom is -0.396 e. The van der Waals surface area contributed by atoms with Crippen LogP contribution in [0.4, 0.5) is 5.69 Å². The lowest BCUT2D eigenvalue weighted by Gasteiger charge is -2.36. The number of hydrogen-bond acceptors (Lipinski definition) is 3. The first-order chi connectivity index (χ1) is 8.79. The fourth-order valence-electron chi connectivity index (χ4n) is 2.81. The van der Waals surface area contributed by atoms with E-state index in [-0.39, 0.29) is 18.6 Å².